The highest BCUT2D eigenvalue weighted by Gasteiger charge is 2.54. The average Bonchev–Trinajstić information content (AvgIpc) is 3.30. The smallest absolute Gasteiger partial charge is 0.407 e. The van der Waals surface area contributed by atoms with Crippen molar-refractivity contribution in [3.05, 3.63) is 48.6 Å². The largest absolute Gasteiger partial charge is 0.462 e. The number of ether oxygens (including phenoxy) is 9. The number of amides is 2. The number of alkyl halides is 3. The Morgan fingerprint density at radius 3 is 2.12 bits per heavy atom. The molecule has 2 aliphatic heterocycles. The van der Waals surface area contributed by atoms with Crippen LogP contribution in [0.25, 0.3) is 0 Å². The highest BCUT2D eigenvalue weighted by molar-refractivity contribution is 6.67. The van der Waals surface area contributed by atoms with Gasteiger partial charge in [0.2, 0.25) is 3.79 Å². The van der Waals surface area contributed by atoms with Crippen molar-refractivity contribution in [1.29, 1.82) is 0 Å². The van der Waals surface area contributed by atoms with Crippen molar-refractivity contribution in [1.82, 2.24) is 10.6 Å². The van der Waals surface area contributed by atoms with Gasteiger partial charge in [0.15, 0.2) is 18.2 Å². The molecule has 69 heavy (non-hydrogen) atoms. The first-order valence-electron chi connectivity index (χ1n) is 25.3. The van der Waals surface area contributed by atoms with Crippen molar-refractivity contribution in [2.24, 2.45) is 0 Å². The van der Waals surface area contributed by atoms with Gasteiger partial charge in [-0.3, -0.25) is 9.59 Å². The molecule has 0 unspecified atom stereocenters. The van der Waals surface area contributed by atoms with E-state index in [2.05, 4.69) is 31.1 Å². The molecule has 0 spiro atoms. The van der Waals surface area contributed by atoms with Gasteiger partial charge in [0, 0.05) is 6.42 Å². The standard InChI is InChI=1S/C51H81Cl3N2O13/c1-6-9-11-13-15-16-18-19-24-28-40(66-42(57)29-25-20-17-14-12-10-7-2)33-43(58)68-46-44(56-49(60)64-37-51(52,53)54)47(67-41-36-65-50(4,5)69-45(41)46)62-32-30-39(55-48(59)63-31-8-3)35-61-34-38-26-22-21-23-27-38/h8,21-23,26-27,39-41,44-47H,3,6-7,9-20,24-25,28-37H2,1-2,4-5H3,(H,55,59)(H,56,60)/t39-,40+,41+,44+,45+,46+,47+/m0/s1. The zero-order valence-electron chi connectivity index (χ0n) is 41.5. The van der Waals surface area contributed by atoms with Crippen LogP contribution in [-0.2, 0) is 58.8 Å². The number of alkyl carbamates (subject to hydrolysis) is 2. The van der Waals surface area contributed by atoms with E-state index in [4.69, 9.17) is 77.4 Å². The normalized spacial score (nSPS) is 20.7. The van der Waals surface area contributed by atoms with E-state index >= 15 is 0 Å². The van der Waals surface area contributed by atoms with Gasteiger partial charge in [-0.2, -0.15) is 0 Å². The summed E-state index contributed by atoms with van der Waals surface area (Å²) < 4.78 is 51.8. The van der Waals surface area contributed by atoms with E-state index in [0.29, 0.717) is 19.4 Å². The Kier molecular flexibility index (Phi) is 30.2. The van der Waals surface area contributed by atoms with Gasteiger partial charge in [-0.1, -0.05) is 182 Å². The minimum absolute atomic E-state index is 0.00284. The summed E-state index contributed by atoms with van der Waals surface area (Å²) in [4.78, 5) is 53.5. The summed E-state index contributed by atoms with van der Waals surface area (Å²) in [7, 11) is 0. The van der Waals surface area contributed by atoms with Crippen molar-refractivity contribution >= 4 is 58.9 Å². The Morgan fingerprint density at radius 1 is 0.841 bits per heavy atom. The fraction of sp³-hybridized carbons (Fsp3) is 0.765. The molecule has 18 heteroatoms. The lowest BCUT2D eigenvalue weighted by Crippen LogP contribution is -2.69. The van der Waals surface area contributed by atoms with Crippen LogP contribution in [0.1, 0.15) is 162 Å². The molecule has 2 amide bonds. The second-order valence-electron chi connectivity index (χ2n) is 18.3. The second kappa shape index (κ2) is 34.5. The first-order chi connectivity index (χ1) is 33.1. The van der Waals surface area contributed by atoms with Crippen LogP contribution < -0.4 is 10.6 Å². The fourth-order valence-electron chi connectivity index (χ4n) is 8.09. The van der Waals surface area contributed by atoms with Crippen LogP contribution in [0, 0.1) is 0 Å². The molecule has 2 aliphatic rings. The maximum absolute atomic E-state index is 14.2. The number of halogens is 3. The number of carbonyl (C=O) groups excluding carboxylic acids is 4. The molecule has 2 saturated heterocycles. The van der Waals surface area contributed by atoms with Crippen molar-refractivity contribution in [3.63, 3.8) is 0 Å². The van der Waals surface area contributed by atoms with E-state index in [0.717, 1.165) is 50.5 Å². The van der Waals surface area contributed by atoms with Crippen LogP contribution in [0.15, 0.2) is 43.0 Å². The quantitative estimate of drug-likeness (QED) is 0.0216. The van der Waals surface area contributed by atoms with Crippen molar-refractivity contribution in [2.45, 2.75) is 215 Å². The lowest BCUT2D eigenvalue weighted by atomic mass is 9.95. The Labute approximate surface area is 426 Å². The number of fused-ring (bicyclic) bond motifs is 1. The summed E-state index contributed by atoms with van der Waals surface area (Å²) in [6, 6.07) is 7.72. The van der Waals surface area contributed by atoms with Crippen LogP contribution >= 0.6 is 34.8 Å². The first kappa shape index (κ1) is 60.4. The van der Waals surface area contributed by atoms with E-state index < -0.39 is 77.1 Å². The fourth-order valence-corrected chi connectivity index (χ4v) is 8.25. The number of hydrogen-bond donors (Lipinski definition) is 2. The second-order valence-corrected chi connectivity index (χ2v) is 20.9. The van der Waals surface area contributed by atoms with Gasteiger partial charge in [-0.15, -0.1) is 0 Å². The first-order valence-corrected chi connectivity index (χ1v) is 26.4. The van der Waals surface area contributed by atoms with E-state index in [1.54, 1.807) is 13.8 Å². The molecule has 7 atom stereocenters. The predicted molar refractivity (Wildman–Crippen MR) is 266 cm³/mol. The number of esters is 2. The molecule has 1 aromatic carbocycles. The molecule has 394 valence electrons. The van der Waals surface area contributed by atoms with Gasteiger partial charge >= 0.3 is 24.1 Å². The summed E-state index contributed by atoms with van der Waals surface area (Å²) >= 11 is 17.7. The molecule has 0 bridgehead atoms. The van der Waals surface area contributed by atoms with Crippen LogP contribution in [0.2, 0.25) is 0 Å². The number of unbranched alkanes of at least 4 members (excludes halogenated alkanes) is 14. The molecule has 2 heterocycles. The zero-order chi connectivity index (χ0) is 50.3. The van der Waals surface area contributed by atoms with Gasteiger partial charge in [0.25, 0.3) is 0 Å². The summed E-state index contributed by atoms with van der Waals surface area (Å²) in [5, 5.41) is 5.51. The minimum atomic E-state index is -1.92. The van der Waals surface area contributed by atoms with E-state index in [1.165, 1.54) is 57.4 Å². The van der Waals surface area contributed by atoms with Crippen LogP contribution in [-0.4, -0.2) is 110 Å². The maximum atomic E-state index is 14.2. The summed E-state index contributed by atoms with van der Waals surface area (Å²) in [6.45, 7) is 11.2. The van der Waals surface area contributed by atoms with Gasteiger partial charge in [0.05, 0.1) is 38.9 Å². The average molecular weight is 1040 g/mol. The Balaban J connectivity index is 1.82. The highest BCUT2D eigenvalue weighted by Crippen LogP contribution is 2.35. The van der Waals surface area contributed by atoms with Gasteiger partial charge in [0.1, 0.15) is 37.6 Å². The number of rotatable bonds is 35. The monoisotopic (exact) mass is 1030 g/mol. The third-order valence-corrected chi connectivity index (χ3v) is 12.0. The number of carbonyl (C=O) groups is 4. The Hall–Kier alpha value is -2.89. The van der Waals surface area contributed by atoms with Gasteiger partial charge in [-0.25, -0.2) is 9.59 Å². The molecule has 0 aliphatic carbocycles. The highest BCUT2D eigenvalue weighted by atomic mass is 35.6. The third kappa shape index (κ3) is 26.9. The minimum Gasteiger partial charge on any atom is -0.462 e. The van der Waals surface area contributed by atoms with Crippen LogP contribution in [0.3, 0.4) is 0 Å². The predicted octanol–water partition coefficient (Wildman–Crippen LogP) is 11.5. The van der Waals surface area contributed by atoms with E-state index in [9.17, 15) is 19.2 Å². The maximum Gasteiger partial charge on any atom is 0.407 e. The molecular formula is C51H81Cl3N2O13. The zero-order valence-corrected chi connectivity index (χ0v) is 43.8. The molecule has 2 fully saturated rings. The lowest BCUT2D eigenvalue weighted by molar-refractivity contribution is -0.369. The molecule has 15 nitrogen and oxygen atoms in total. The molecule has 3 rings (SSSR count). The van der Waals surface area contributed by atoms with Crippen molar-refractivity contribution in [2.75, 3.05) is 33.0 Å². The number of nitrogens with one attached hydrogen (secondary N) is 2. The summed E-state index contributed by atoms with van der Waals surface area (Å²) in [6.07, 6.45) is 12.8. The Bertz CT molecular complexity index is 1600. The summed E-state index contributed by atoms with van der Waals surface area (Å²) in [5.41, 5.74) is 0.944. The molecule has 0 saturated carbocycles. The molecule has 2 N–H and O–H groups in total. The van der Waals surface area contributed by atoms with Gasteiger partial charge < -0.3 is 53.3 Å². The number of benzene rings is 1. The summed E-state index contributed by atoms with van der Waals surface area (Å²) in [5.74, 6) is -2.17. The van der Waals surface area contributed by atoms with E-state index in [-0.39, 0.29) is 51.7 Å². The SMILES string of the molecule is C=CCOC(=O)N[C@@H](CCO[C@@H]1O[C@@H]2COC(C)(C)O[C@H]2[C@H](OC(=O)C[C@@H](CCCCCCCCCCC)OC(=O)CCCCCCCCC)[C@H]1NC(=O)OCC(Cl)(Cl)Cl)COCc1ccccc1. The number of hydrogen-bond acceptors (Lipinski definition) is 13. The van der Waals surface area contributed by atoms with Gasteiger partial charge in [-0.05, 0) is 45.1 Å². The molecule has 0 radical (unpaired) electrons. The van der Waals surface area contributed by atoms with Crippen molar-refractivity contribution < 1.29 is 61.8 Å². The van der Waals surface area contributed by atoms with Crippen LogP contribution in [0.5, 0.6) is 0 Å². The lowest BCUT2D eigenvalue weighted by Gasteiger charge is -2.50. The molecular weight excluding hydrogens is 955 g/mol. The third-order valence-electron chi connectivity index (χ3n) is 11.7. The van der Waals surface area contributed by atoms with Crippen LogP contribution in [0.4, 0.5) is 9.59 Å². The van der Waals surface area contributed by atoms with E-state index in [1.807, 2.05) is 30.3 Å². The van der Waals surface area contributed by atoms with Crippen molar-refractivity contribution in [3.8, 4) is 0 Å². The Morgan fingerprint density at radius 2 is 1.48 bits per heavy atom. The molecule has 1 aromatic rings. The topological polar surface area (TPSA) is 175 Å². The molecule has 0 aromatic heterocycles.